The molecule has 0 aromatic heterocycles. The first-order valence-corrected chi connectivity index (χ1v) is 8.85. The number of nitrogens with two attached hydrogens (primary N) is 1. The number of hydrogen-bond donors (Lipinski definition) is 1. The highest BCUT2D eigenvalue weighted by Crippen LogP contribution is 2.27. The van der Waals surface area contributed by atoms with E-state index in [2.05, 4.69) is 4.74 Å². The van der Waals surface area contributed by atoms with E-state index in [0.717, 1.165) is 6.42 Å². The van der Waals surface area contributed by atoms with Crippen molar-refractivity contribution >= 4 is 16.0 Å². The molecular weight excluding hydrogens is 304 g/mol. The van der Waals surface area contributed by atoms with Gasteiger partial charge in [-0.2, -0.15) is 4.31 Å². The Labute approximate surface area is 131 Å². The molecule has 7 heteroatoms. The monoisotopic (exact) mass is 326 g/mol. The van der Waals surface area contributed by atoms with Crippen molar-refractivity contribution in [1.82, 2.24) is 4.31 Å². The van der Waals surface area contributed by atoms with Crippen LogP contribution in [0.3, 0.4) is 0 Å². The lowest BCUT2D eigenvalue weighted by atomic mass is 10.1. The summed E-state index contributed by atoms with van der Waals surface area (Å²) in [7, 11) is -2.13. The Morgan fingerprint density at radius 3 is 2.77 bits per heavy atom. The number of carbonyl (C=O) groups is 1. The molecule has 1 fully saturated rings. The molecule has 1 aromatic carbocycles. The lowest BCUT2D eigenvalue weighted by Gasteiger charge is -2.21. The summed E-state index contributed by atoms with van der Waals surface area (Å²) in [5.74, 6) is -0.386. The third kappa shape index (κ3) is 3.66. The molecule has 1 aliphatic heterocycles. The van der Waals surface area contributed by atoms with Crippen LogP contribution in [0.2, 0.25) is 0 Å². The molecule has 22 heavy (non-hydrogen) atoms. The van der Waals surface area contributed by atoms with Crippen molar-refractivity contribution < 1.29 is 17.9 Å². The SMILES string of the molecule is COC(=O)c1cccc(CS(=O)(=O)N2CC(CN)CC2C)c1. The standard InChI is InChI=1S/C15H22N2O4S/c1-11-6-13(8-16)9-17(11)22(19,20)10-12-4-3-5-14(7-12)15(18)21-2/h3-5,7,11,13H,6,8-10,16H2,1-2H3. The molecule has 1 aromatic rings. The predicted octanol–water partition coefficient (Wildman–Crippen LogP) is 0.972. The summed E-state index contributed by atoms with van der Waals surface area (Å²) in [6.07, 6.45) is 0.790. The minimum atomic E-state index is -3.43. The molecule has 0 aliphatic carbocycles. The van der Waals surface area contributed by atoms with Gasteiger partial charge in [0.25, 0.3) is 0 Å². The zero-order chi connectivity index (χ0) is 16.3. The maximum Gasteiger partial charge on any atom is 0.337 e. The molecule has 0 bridgehead atoms. The summed E-state index contributed by atoms with van der Waals surface area (Å²) in [4.78, 5) is 11.5. The van der Waals surface area contributed by atoms with E-state index < -0.39 is 16.0 Å². The van der Waals surface area contributed by atoms with Gasteiger partial charge in [0.1, 0.15) is 0 Å². The molecule has 2 atom stereocenters. The smallest absolute Gasteiger partial charge is 0.337 e. The van der Waals surface area contributed by atoms with Crippen LogP contribution in [0.5, 0.6) is 0 Å². The molecule has 1 saturated heterocycles. The number of nitrogens with zero attached hydrogens (tertiary/aromatic N) is 1. The third-order valence-corrected chi connectivity index (χ3v) is 5.91. The fourth-order valence-electron chi connectivity index (χ4n) is 2.87. The van der Waals surface area contributed by atoms with E-state index in [4.69, 9.17) is 5.73 Å². The summed E-state index contributed by atoms with van der Waals surface area (Å²) in [6, 6.07) is 6.48. The van der Waals surface area contributed by atoms with Gasteiger partial charge in [0.2, 0.25) is 10.0 Å². The van der Waals surface area contributed by atoms with Gasteiger partial charge in [-0.3, -0.25) is 0 Å². The summed E-state index contributed by atoms with van der Waals surface area (Å²) < 4.78 is 31.4. The van der Waals surface area contributed by atoms with E-state index in [1.165, 1.54) is 11.4 Å². The lowest BCUT2D eigenvalue weighted by molar-refractivity contribution is 0.0600. The molecule has 2 N–H and O–H groups in total. The van der Waals surface area contributed by atoms with Crippen LogP contribution in [0.4, 0.5) is 0 Å². The van der Waals surface area contributed by atoms with Crippen LogP contribution >= 0.6 is 0 Å². The fraction of sp³-hybridized carbons (Fsp3) is 0.533. The summed E-state index contributed by atoms with van der Waals surface area (Å²) in [5, 5.41) is 0. The van der Waals surface area contributed by atoms with Gasteiger partial charge in [0.05, 0.1) is 18.4 Å². The first kappa shape index (κ1) is 16.9. The van der Waals surface area contributed by atoms with Crippen molar-refractivity contribution in [3.8, 4) is 0 Å². The Morgan fingerprint density at radius 2 is 2.18 bits per heavy atom. The zero-order valence-electron chi connectivity index (χ0n) is 12.9. The van der Waals surface area contributed by atoms with Gasteiger partial charge in [0, 0.05) is 12.6 Å². The number of esters is 1. The molecule has 0 radical (unpaired) electrons. The second kappa shape index (κ2) is 6.76. The quantitative estimate of drug-likeness (QED) is 0.815. The Kier molecular flexibility index (Phi) is 5.20. The fourth-order valence-corrected chi connectivity index (χ4v) is 4.71. The normalized spacial score (nSPS) is 22.7. The van der Waals surface area contributed by atoms with Crippen LogP contribution in [0, 0.1) is 5.92 Å². The average molecular weight is 326 g/mol. The van der Waals surface area contributed by atoms with E-state index in [1.807, 2.05) is 6.92 Å². The third-order valence-electron chi connectivity index (χ3n) is 3.99. The van der Waals surface area contributed by atoms with Crippen LogP contribution < -0.4 is 5.73 Å². The predicted molar refractivity (Wildman–Crippen MR) is 83.7 cm³/mol. The first-order chi connectivity index (χ1) is 10.4. The molecule has 2 unspecified atom stereocenters. The van der Waals surface area contributed by atoms with Crippen LogP contribution in [-0.4, -0.2) is 44.9 Å². The molecule has 2 rings (SSSR count). The molecule has 122 valence electrons. The number of methoxy groups -OCH3 is 1. The minimum absolute atomic E-state index is 0.0395. The van der Waals surface area contributed by atoms with E-state index in [9.17, 15) is 13.2 Å². The van der Waals surface area contributed by atoms with Crippen molar-refractivity contribution in [1.29, 1.82) is 0 Å². The van der Waals surface area contributed by atoms with Gasteiger partial charge >= 0.3 is 5.97 Å². The van der Waals surface area contributed by atoms with Crippen molar-refractivity contribution in [3.63, 3.8) is 0 Å². The highest BCUT2D eigenvalue weighted by molar-refractivity contribution is 7.88. The number of rotatable bonds is 5. The number of ether oxygens (including phenoxy) is 1. The van der Waals surface area contributed by atoms with Crippen LogP contribution in [0.1, 0.15) is 29.3 Å². The number of carbonyl (C=O) groups excluding carboxylic acids is 1. The minimum Gasteiger partial charge on any atom is -0.465 e. The second-order valence-electron chi connectivity index (χ2n) is 5.70. The van der Waals surface area contributed by atoms with Crippen molar-refractivity contribution in [2.45, 2.75) is 25.1 Å². The topological polar surface area (TPSA) is 89.7 Å². The molecule has 0 spiro atoms. The largest absolute Gasteiger partial charge is 0.465 e. The molecule has 0 saturated carbocycles. The zero-order valence-corrected chi connectivity index (χ0v) is 13.7. The molecular formula is C15H22N2O4S. The number of benzene rings is 1. The number of hydrogen-bond acceptors (Lipinski definition) is 5. The van der Waals surface area contributed by atoms with E-state index >= 15 is 0 Å². The Morgan fingerprint density at radius 1 is 1.45 bits per heavy atom. The Hall–Kier alpha value is -1.44. The highest BCUT2D eigenvalue weighted by atomic mass is 32.2. The van der Waals surface area contributed by atoms with Crippen molar-refractivity contribution in [2.75, 3.05) is 20.2 Å². The number of sulfonamides is 1. The van der Waals surface area contributed by atoms with E-state index in [0.29, 0.717) is 24.2 Å². The second-order valence-corrected chi connectivity index (χ2v) is 7.63. The summed E-state index contributed by atoms with van der Waals surface area (Å²) >= 11 is 0. The first-order valence-electron chi connectivity index (χ1n) is 7.24. The average Bonchev–Trinajstić information content (AvgIpc) is 2.88. The summed E-state index contributed by atoms with van der Waals surface area (Å²) in [6.45, 7) is 2.86. The van der Waals surface area contributed by atoms with E-state index in [-0.39, 0.29) is 17.7 Å². The Bertz CT molecular complexity index is 645. The van der Waals surface area contributed by atoms with Crippen LogP contribution in [0.15, 0.2) is 24.3 Å². The van der Waals surface area contributed by atoms with Gasteiger partial charge in [0.15, 0.2) is 0 Å². The maximum atomic E-state index is 12.6. The summed E-state index contributed by atoms with van der Waals surface area (Å²) in [5.41, 5.74) is 6.58. The molecule has 1 heterocycles. The molecule has 1 aliphatic rings. The van der Waals surface area contributed by atoms with Crippen LogP contribution in [-0.2, 0) is 20.5 Å². The molecule has 6 nitrogen and oxygen atoms in total. The van der Waals surface area contributed by atoms with Crippen molar-refractivity contribution in [2.24, 2.45) is 11.7 Å². The van der Waals surface area contributed by atoms with Crippen LogP contribution in [0.25, 0.3) is 0 Å². The highest BCUT2D eigenvalue weighted by Gasteiger charge is 2.36. The van der Waals surface area contributed by atoms with Gasteiger partial charge < -0.3 is 10.5 Å². The lowest BCUT2D eigenvalue weighted by Crippen LogP contribution is -2.35. The molecule has 0 amide bonds. The van der Waals surface area contributed by atoms with Gasteiger partial charge in [-0.25, -0.2) is 13.2 Å². The van der Waals surface area contributed by atoms with Gasteiger partial charge in [-0.1, -0.05) is 12.1 Å². The maximum absolute atomic E-state index is 12.6. The van der Waals surface area contributed by atoms with Gasteiger partial charge in [-0.05, 0) is 43.5 Å². The van der Waals surface area contributed by atoms with Gasteiger partial charge in [-0.15, -0.1) is 0 Å². The Balaban J connectivity index is 2.17. The van der Waals surface area contributed by atoms with Crippen molar-refractivity contribution in [3.05, 3.63) is 35.4 Å². The van der Waals surface area contributed by atoms with E-state index in [1.54, 1.807) is 24.3 Å².